The van der Waals surface area contributed by atoms with Crippen molar-refractivity contribution in [3.8, 4) is 11.5 Å². The third-order valence-corrected chi connectivity index (χ3v) is 5.41. The Bertz CT molecular complexity index is 883. The van der Waals surface area contributed by atoms with Crippen LogP contribution in [0.25, 0.3) is 0 Å². The number of piperazine rings is 1. The van der Waals surface area contributed by atoms with Gasteiger partial charge in [0, 0.05) is 35.4 Å². The van der Waals surface area contributed by atoms with Crippen LogP contribution in [0.2, 0.25) is 0 Å². The molecule has 2 aromatic carbocycles. The van der Waals surface area contributed by atoms with Gasteiger partial charge >= 0.3 is 6.03 Å². The van der Waals surface area contributed by atoms with Gasteiger partial charge in [-0.15, -0.1) is 0 Å². The van der Waals surface area contributed by atoms with Crippen LogP contribution in [0, 0.1) is 3.57 Å². The summed E-state index contributed by atoms with van der Waals surface area (Å²) in [5, 5.41) is 2.90. The molecule has 2 aromatic rings. The second-order valence-corrected chi connectivity index (χ2v) is 7.86. The number of benzene rings is 2. The van der Waals surface area contributed by atoms with Gasteiger partial charge in [0.05, 0.1) is 0 Å². The molecule has 28 heavy (non-hydrogen) atoms. The molecule has 1 atom stereocenters. The number of ether oxygens (including phenoxy) is 2. The van der Waals surface area contributed by atoms with Crippen molar-refractivity contribution >= 4 is 40.2 Å². The molecule has 3 amide bonds. The third kappa shape index (κ3) is 4.16. The van der Waals surface area contributed by atoms with Gasteiger partial charge < -0.3 is 24.6 Å². The van der Waals surface area contributed by atoms with Crippen molar-refractivity contribution < 1.29 is 19.1 Å². The van der Waals surface area contributed by atoms with Gasteiger partial charge in [-0.2, -0.15) is 0 Å². The fraction of sp³-hybridized carbons (Fsp3) is 0.300. The highest BCUT2D eigenvalue weighted by atomic mass is 127. The van der Waals surface area contributed by atoms with Gasteiger partial charge in [-0.05, 0) is 52.9 Å². The minimum Gasteiger partial charge on any atom is -0.485 e. The highest BCUT2D eigenvalue weighted by Gasteiger charge is 2.33. The fourth-order valence-electron chi connectivity index (χ4n) is 3.24. The molecule has 0 bridgehead atoms. The smallest absolute Gasteiger partial charge is 0.321 e. The lowest BCUT2D eigenvalue weighted by atomic mass is 10.2. The Balaban J connectivity index is 1.30. The summed E-state index contributed by atoms with van der Waals surface area (Å²) >= 11 is 2.21. The van der Waals surface area contributed by atoms with Gasteiger partial charge in [-0.25, -0.2) is 4.79 Å². The highest BCUT2D eigenvalue weighted by molar-refractivity contribution is 14.1. The number of carbonyl (C=O) groups excluding carboxylic acids is 2. The summed E-state index contributed by atoms with van der Waals surface area (Å²) in [5.74, 6) is 1.14. The van der Waals surface area contributed by atoms with Crippen molar-refractivity contribution in [3.05, 3.63) is 52.1 Å². The van der Waals surface area contributed by atoms with Gasteiger partial charge in [0.15, 0.2) is 11.5 Å². The van der Waals surface area contributed by atoms with E-state index in [1.165, 1.54) is 0 Å². The van der Waals surface area contributed by atoms with Crippen LogP contribution in [0.1, 0.15) is 0 Å². The number of urea groups is 1. The number of anilines is 1. The number of hydrogen-bond acceptors (Lipinski definition) is 4. The van der Waals surface area contributed by atoms with E-state index in [1.807, 2.05) is 42.5 Å². The average molecular weight is 493 g/mol. The summed E-state index contributed by atoms with van der Waals surface area (Å²) in [6.45, 7) is 2.10. The number of hydrogen-bond donors (Lipinski definition) is 1. The highest BCUT2D eigenvalue weighted by Crippen LogP contribution is 2.31. The fourth-order valence-corrected chi connectivity index (χ4v) is 3.79. The number of fused-ring (bicyclic) bond motifs is 1. The van der Waals surface area contributed by atoms with Crippen LogP contribution in [-0.2, 0) is 4.79 Å². The predicted octanol–water partition coefficient (Wildman–Crippen LogP) is 2.81. The maximum Gasteiger partial charge on any atom is 0.321 e. The Labute approximate surface area is 176 Å². The predicted molar refractivity (Wildman–Crippen MR) is 113 cm³/mol. The summed E-state index contributed by atoms with van der Waals surface area (Å²) in [5.41, 5.74) is 0.766. The second kappa shape index (κ2) is 8.26. The number of nitrogens with one attached hydrogen (secondary N) is 1. The van der Waals surface area contributed by atoms with E-state index in [0.29, 0.717) is 37.7 Å². The van der Waals surface area contributed by atoms with Gasteiger partial charge in [-0.1, -0.05) is 18.2 Å². The first kappa shape index (κ1) is 18.9. The average Bonchev–Trinajstić information content (AvgIpc) is 2.73. The second-order valence-electron chi connectivity index (χ2n) is 6.62. The first-order chi connectivity index (χ1) is 13.6. The van der Waals surface area contributed by atoms with Crippen molar-refractivity contribution in [2.75, 3.05) is 38.1 Å². The zero-order chi connectivity index (χ0) is 19.5. The molecule has 146 valence electrons. The molecule has 1 N–H and O–H groups in total. The molecule has 0 spiro atoms. The summed E-state index contributed by atoms with van der Waals surface area (Å²) in [4.78, 5) is 28.7. The number of amides is 3. The molecular weight excluding hydrogens is 473 g/mol. The molecule has 0 aromatic heterocycles. The largest absolute Gasteiger partial charge is 0.485 e. The quantitative estimate of drug-likeness (QED) is 0.654. The molecular formula is C20H20IN3O4. The van der Waals surface area contributed by atoms with Crippen molar-refractivity contribution in [3.63, 3.8) is 0 Å². The van der Waals surface area contributed by atoms with Crippen molar-refractivity contribution in [2.45, 2.75) is 6.10 Å². The molecule has 2 aliphatic rings. The lowest BCUT2D eigenvalue weighted by Crippen LogP contribution is -2.55. The van der Waals surface area contributed by atoms with Gasteiger partial charge in [0.25, 0.3) is 5.91 Å². The molecule has 4 rings (SSSR count). The normalized spacial score (nSPS) is 18.5. The first-order valence-corrected chi connectivity index (χ1v) is 10.2. The van der Waals surface area contributed by atoms with Gasteiger partial charge in [-0.3, -0.25) is 4.79 Å². The van der Waals surface area contributed by atoms with Crippen LogP contribution in [-0.4, -0.2) is 60.6 Å². The Morgan fingerprint density at radius 2 is 1.68 bits per heavy atom. The molecule has 1 fully saturated rings. The molecule has 1 saturated heterocycles. The van der Waals surface area contributed by atoms with E-state index in [2.05, 4.69) is 27.9 Å². The Morgan fingerprint density at radius 1 is 0.964 bits per heavy atom. The van der Waals surface area contributed by atoms with Crippen molar-refractivity contribution in [1.82, 2.24) is 9.80 Å². The summed E-state index contributed by atoms with van der Waals surface area (Å²) in [7, 11) is 0. The first-order valence-electron chi connectivity index (χ1n) is 9.09. The van der Waals surface area contributed by atoms with Crippen LogP contribution in [0.4, 0.5) is 10.5 Å². The Hall–Kier alpha value is -2.49. The third-order valence-electron chi connectivity index (χ3n) is 4.74. The maximum absolute atomic E-state index is 12.8. The van der Waals surface area contributed by atoms with E-state index < -0.39 is 6.10 Å². The molecule has 2 aliphatic heterocycles. The molecule has 0 radical (unpaired) electrons. The van der Waals surface area contributed by atoms with Crippen molar-refractivity contribution in [2.24, 2.45) is 0 Å². The minimum atomic E-state index is -0.651. The monoisotopic (exact) mass is 493 g/mol. The zero-order valence-corrected chi connectivity index (χ0v) is 17.3. The van der Waals surface area contributed by atoms with Crippen molar-refractivity contribution in [1.29, 1.82) is 0 Å². The lowest BCUT2D eigenvalue weighted by molar-refractivity contribution is -0.142. The van der Waals surface area contributed by atoms with Crippen LogP contribution in [0.15, 0.2) is 48.5 Å². The molecule has 7 nitrogen and oxygen atoms in total. The number of para-hydroxylation sites is 2. The lowest BCUT2D eigenvalue weighted by Gasteiger charge is -2.37. The summed E-state index contributed by atoms with van der Waals surface area (Å²) in [6.07, 6.45) is -0.651. The number of carbonyl (C=O) groups is 2. The van der Waals surface area contributed by atoms with E-state index in [-0.39, 0.29) is 18.5 Å². The number of rotatable bonds is 2. The molecule has 2 heterocycles. The topological polar surface area (TPSA) is 71.1 Å². The van der Waals surface area contributed by atoms with Crippen LogP contribution in [0.5, 0.6) is 11.5 Å². The van der Waals surface area contributed by atoms with E-state index in [4.69, 9.17) is 9.47 Å². The maximum atomic E-state index is 12.8. The van der Waals surface area contributed by atoms with Gasteiger partial charge in [0.1, 0.15) is 6.61 Å². The molecule has 1 unspecified atom stereocenters. The van der Waals surface area contributed by atoms with E-state index in [0.717, 1.165) is 9.26 Å². The minimum absolute atomic E-state index is 0.104. The molecule has 0 aliphatic carbocycles. The van der Waals surface area contributed by atoms with E-state index >= 15 is 0 Å². The Morgan fingerprint density at radius 3 is 2.43 bits per heavy atom. The summed E-state index contributed by atoms with van der Waals surface area (Å²) in [6, 6.07) is 14.8. The number of halogens is 1. The van der Waals surface area contributed by atoms with Gasteiger partial charge in [0.2, 0.25) is 6.10 Å². The van der Waals surface area contributed by atoms with Crippen LogP contribution >= 0.6 is 22.6 Å². The standard InChI is InChI=1S/C20H20IN3O4/c21-14-4-3-5-15(12-14)22-20(26)24-10-8-23(9-11-24)19(25)18-13-27-16-6-1-2-7-17(16)28-18/h1-7,12,18H,8-11,13H2,(H,22,26). The van der Waals surface area contributed by atoms with E-state index in [9.17, 15) is 9.59 Å². The van der Waals surface area contributed by atoms with Crippen LogP contribution < -0.4 is 14.8 Å². The zero-order valence-electron chi connectivity index (χ0n) is 15.1. The molecule has 8 heteroatoms. The number of nitrogens with zero attached hydrogens (tertiary/aromatic N) is 2. The summed E-state index contributed by atoms with van der Waals surface area (Å²) < 4.78 is 12.5. The van der Waals surface area contributed by atoms with Crippen LogP contribution in [0.3, 0.4) is 0 Å². The van der Waals surface area contributed by atoms with E-state index in [1.54, 1.807) is 15.9 Å². The SMILES string of the molecule is O=C(Nc1cccc(I)c1)N1CCN(C(=O)C2COc3ccccc3O2)CC1. The molecule has 0 saturated carbocycles. The Kier molecular flexibility index (Phi) is 5.56.